The minimum atomic E-state index is -0.228. The van der Waals surface area contributed by atoms with E-state index in [4.69, 9.17) is 0 Å². The first-order valence-electron chi connectivity index (χ1n) is 10.0. The van der Waals surface area contributed by atoms with E-state index in [2.05, 4.69) is 18.7 Å². The first-order valence-corrected chi connectivity index (χ1v) is 10.0. The molecule has 2 heterocycles. The third-order valence-corrected chi connectivity index (χ3v) is 9.52. The molecule has 0 aromatic carbocycles. The SMILES string of the molecule is CC1CN2C[C@H]3CCC4=CC(=O)[C@@H]5CC[C@@]6(C(=O)C1C[C@@H]2[C@@]36C)[C@H]45. The van der Waals surface area contributed by atoms with Gasteiger partial charge in [0.25, 0.3) is 0 Å². The van der Waals surface area contributed by atoms with Gasteiger partial charge in [-0.2, -0.15) is 0 Å². The highest BCUT2D eigenvalue weighted by Crippen LogP contribution is 2.74. The van der Waals surface area contributed by atoms with Gasteiger partial charge in [0.1, 0.15) is 5.78 Å². The minimum Gasteiger partial charge on any atom is -0.299 e. The maximum absolute atomic E-state index is 14.0. The number of rotatable bonds is 0. The predicted octanol–water partition coefficient (Wildman–Crippen LogP) is 2.85. The molecule has 0 radical (unpaired) electrons. The lowest BCUT2D eigenvalue weighted by atomic mass is 9.44. The second-order valence-electron chi connectivity index (χ2n) is 9.89. The number of carbonyl (C=O) groups is 2. The van der Waals surface area contributed by atoms with Gasteiger partial charge in [0.2, 0.25) is 0 Å². The topological polar surface area (TPSA) is 37.4 Å². The molecule has 0 aromatic rings. The first kappa shape index (κ1) is 14.2. The number of allylic oxidation sites excluding steroid dienone is 2. The van der Waals surface area contributed by atoms with Gasteiger partial charge in [0.05, 0.1) is 0 Å². The molecule has 8 atom stereocenters. The summed E-state index contributed by atoms with van der Waals surface area (Å²) in [5, 5.41) is 0. The van der Waals surface area contributed by atoms with Crippen LogP contribution < -0.4 is 0 Å². The quantitative estimate of drug-likeness (QED) is 0.687. The molecule has 4 aliphatic carbocycles. The summed E-state index contributed by atoms with van der Waals surface area (Å²) in [5.41, 5.74) is 1.22. The number of fused-ring (bicyclic) bond motifs is 1. The van der Waals surface area contributed by atoms with Crippen molar-refractivity contribution in [3.05, 3.63) is 11.6 Å². The van der Waals surface area contributed by atoms with E-state index in [1.807, 2.05) is 6.08 Å². The molecule has 2 bridgehead atoms. The molecule has 3 saturated carbocycles. The number of carbonyl (C=O) groups excluding carboxylic acids is 2. The van der Waals surface area contributed by atoms with Crippen LogP contribution in [0.4, 0.5) is 0 Å². The number of hydrogen-bond acceptors (Lipinski definition) is 3. The van der Waals surface area contributed by atoms with Crippen LogP contribution in [0.5, 0.6) is 0 Å². The normalized spacial score (nSPS) is 57.8. The van der Waals surface area contributed by atoms with Gasteiger partial charge in [-0.3, -0.25) is 14.5 Å². The predicted molar refractivity (Wildman–Crippen MR) is 90.2 cm³/mol. The number of ketones is 2. The van der Waals surface area contributed by atoms with Crippen LogP contribution in [-0.4, -0.2) is 35.6 Å². The maximum Gasteiger partial charge on any atom is 0.159 e. The molecule has 0 N–H and O–H groups in total. The first-order chi connectivity index (χ1) is 11.5. The van der Waals surface area contributed by atoms with Gasteiger partial charge in [-0.05, 0) is 50.0 Å². The highest BCUT2D eigenvalue weighted by molar-refractivity contribution is 6.00. The van der Waals surface area contributed by atoms with Crippen molar-refractivity contribution in [3.63, 3.8) is 0 Å². The zero-order chi connectivity index (χ0) is 16.4. The van der Waals surface area contributed by atoms with Crippen molar-refractivity contribution < 1.29 is 9.59 Å². The Morgan fingerprint density at radius 3 is 2.83 bits per heavy atom. The Balaban J connectivity index is 1.64. The molecular weight excluding hydrogens is 298 g/mol. The Morgan fingerprint density at radius 2 is 2.00 bits per heavy atom. The molecule has 2 aliphatic heterocycles. The lowest BCUT2D eigenvalue weighted by Gasteiger charge is -2.60. The van der Waals surface area contributed by atoms with Gasteiger partial charge in [-0.25, -0.2) is 0 Å². The van der Waals surface area contributed by atoms with E-state index in [1.165, 1.54) is 18.5 Å². The Hall–Kier alpha value is -0.960. The third-order valence-electron chi connectivity index (χ3n) is 9.52. The van der Waals surface area contributed by atoms with E-state index >= 15 is 0 Å². The molecule has 0 amide bonds. The van der Waals surface area contributed by atoms with Gasteiger partial charge < -0.3 is 0 Å². The van der Waals surface area contributed by atoms with Crippen molar-refractivity contribution in [1.29, 1.82) is 0 Å². The molecule has 128 valence electrons. The van der Waals surface area contributed by atoms with Crippen LogP contribution in [0.25, 0.3) is 0 Å². The molecule has 6 aliphatic rings. The fourth-order valence-corrected chi connectivity index (χ4v) is 8.59. The van der Waals surface area contributed by atoms with Crippen LogP contribution in [-0.2, 0) is 9.59 Å². The van der Waals surface area contributed by atoms with E-state index < -0.39 is 0 Å². The average Bonchev–Trinajstić information content (AvgIpc) is 3.15. The lowest BCUT2D eigenvalue weighted by Crippen LogP contribution is -2.66. The minimum absolute atomic E-state index is 0.0976. The van der Waals surface area contributed by atoms with Gasteiger partial charge in [-0.15, -0.1) is 0 Å². The number of piperidine rings is 1. The van der Waals surface area contributed by atoms with Crippen LogP contribution >= 0.6 is 0 Å². The highest BCUT2D eigenvalue weighted by Gasteiger charge is 2.76. The Kier molecular flexibility index (Phi) is 2.41. The Morgan fingerprint density at radius 1 is 1.17 bits per heavy atom. The molecule has 3 heteroatoms. The van der Waals surface area contributed by atoms with Gasteiger partial charge in [0, 0.05) is 47.7 Å². The Bertz CT molecular complexity index is 711. The fourth-order valence-electron chi connectivity index (χ4n) is 8.59. The maximum atomic E-state index is 14.0. The van der Waals surface area contributed by atoms with Crippen LogP contribution in [0.3, 0.4) is 0 Å². The van der Waals surface area contributed by atoms with Crippen molar-refractivity contribution in [2.24, 2.45) is 40.4 Å². The zero-order valence-electron chi connectivity index (χ0n) is 14.8. The third kappa shape index (κ3) is 1.23. The molecule has 3 nitrogen and oxygen atoms in total. The summed E-state index contributed by atoms with van der Waals surface area (Å²) >= 11 is 0. The molecule has 0 aromatic heterocycles. The molecule has 6 rings (SSSR count). The largest absolute Gasteiger partial charge is 0.299 e. The van der Waals surface area contributed by atoms with Gasteiger partial charge in [0.15, 0.2) is 5.78 Å². The van der Waals surface area contributed by atoms with Gasteiger partial charge in [-0.1, -0.05) is 19.4 Å². The standard InChI is InChI=1S/C21H27NO2/c1-11-9-22-10-13-4-3-12-7-16(23)14-5-6-21(18(12)14)19(24)15(11)8-17(22)20(13,21)2/h7,11,13-15,17-18H,3-6,8-10H2,1-2H3/t11?,13-,14+,15?,17-,18-,20-,21+/m1/s1. The zero-order valence-corrected chi connectivity index (χ0v) is 14.8. The lowest BCUT2D eigenvalue weighted by molar-refractivity contribution is -0.167. The number of hydrogen-bond donors (Lipinski definition) is 0. The van der Waals surface area contributed by atoms with Crippen molar-refractivity contribution in [2.75, 3.05) is 13.1 Å². The van der Waals surface area contributed by atoms with E-state index in [-0.39, 0.29) is 28.6 Å². The van der Waals surface area contributed by atoms with Crippen molar-refractivity contribution in [2.45, 2.75) is 52.0 Å². The Labute approximate surface area is 143 Å². The number of nitrogens with zero attached hydrogens (tertiary/aromatic N) is 1. The van der Waals surface area contributed by atoms with E-state index in [1.54, 1.807) is 0 Å². The molecule has 1 spiro atoms. The summed E-state index contributed by atoms with van der Waals surface area (Å²) < 4.78 is 0. The summed E-state index contributed by atoms with van der Waals surface area (Å²) in [6.45, 7) is 7.04. The molecule has 24 heavy (non-hydrogen) atoms. The van der Waals surface area contributed by atoms with E-state index in [0.717, 1.165) is 32.2 Å². The van der Waals surface area contributed by atoms with Crippen LogP contribution in [0, 0.1) is 40.4 Å². The second kappa shape index (κ2) is 4.06. The van der Waals surface area contributed by atoms with Crippen LogP contribution in [0.1, 0.15) is 46.0 Å². The number of Topliss-reactive ketones (excluding diaryl/α,β-unsaturated/α-hetero) is 1. The van der Waals surface area contributed by atoms with Crippen LogP contribution in [0.15, 0.2) is 11.6 Å². The summed E-state index contributed by atoms with van der Waals surface area (Å²) in [6, 6.07) is 0.579. The monoisotopic (exact) mass is 325 g/mol. The summed E-state index contributed by atoms with van der Waals surface area (Å²) in [4.78, 5) is 29.3. The summed E-state index contributed by atoms with van der Waals surface area (Å²) in [5.74, 6) is 2.64. The smallest absolute Gasteiger partial charge is 0.159 e. The second-order valence-corrected chi connectivity index (χ2v) is 9.89. The highest BCUT2D eigenvalue weighted by atomic mass is 16.1. The van der Waals surface area contributed by atoms with E-state index in [9.17, 15) is 9.59 Å². The molecular formula is C21H27NO2. The van der Waals surface area contributed by atoms with Crippen molar-refractivity contribution >= 4 is 11.6 Å². The van der Waals surface area contributed by atoms with E-state index in [0.29, 0.717) is 29.4 Å². The summed E-state index contributed by atoms with van der Waals surface area (Å²) in [6.07, 6.45) is 7.21. The average molecular weight is 325 g/mol. The van der Waals surface area contributed by atoms with Crippen molar-refractivity contribution in [1.82, 2.24) is 4.90 Å². The van der Waals surface area contributed by atoms with Crippen molar-refractivity contribution in [3.8, 4) is 0 Å². The van der Waals surface area contributed by atoms with Crippen LogP contribution in [0.2, 0.25) is 0 Å². The molecule has 2 unspecified atom stereocenters. The molecule has 2 saturated heterocycles. The summed E-state index contributed by atoms with van der Waals surface area (Å²) in [7, 11) is 0. The fraction of sp³-hybridized carbons (Fsp3) is 0.810. The molecule has 5 fully saturated rings. The van der Waals surface area contributed by atoms with Gasteiger partial charge >= 0.3 is 0 Å².